The molecule has 26 heteroatoms. The molecule has 0 aromatic heterocycles. The van der Waals surface area contributed by atoms with Gasteiger partial charge in [0.1, 0.15) is 71.8 Å². The van der Waals surface area contributed by atoms with E-state index in [2.05, 4.69) is 47.8 Å². The highest BCUT2D eigenvalue weighted by atomic mass is 79.9. The van der Waals surface area contributed by atoms with E-state index in [-0.39, 0.29) is 63.5 Å². The van der Waals surface area contributed by atoms with Gasteiger partial charge < -0.3 is 76.9 Å². The number of carbonyl (C=O) groups excluding carboxylic acids is 7. The largest absolute Gasteiger partial charge is 0.507 e. The lowest BCUT2D eigenvalue weighted by Gasteiger charge is -2.25. The smallest absolute Gasteiger partial charge is 0.351 e. The number of rotatable bonds is 32. The first-order chi connectivity index (χ1) is 69.8. The Morgan fingerprint density at radius 1 is 0.304 bits per heavy atom. The number of phenols is 3. The maximum absolute atomic E-state index is 12.5. The van der Waals surface area contributed by atoms with Crippen LogP contribution in [0.1, 0.15) is 230 Å². The molecule has 23 nitrogen and oxygen atoms in total. The van der Waals surface area contributed by atoms with Gasteiger partial charge in [0.05, 0.1) is 11.1 Å². The number of alkyl halides is 3. The van der Waals surface area contributed by atoms with Crippen LogP contribution in [0.2, 0.25) is 0 Å². The van der Waals surface area contributed by atoms with Crippen LogP contribution in [0.3, 0.4) is 0 Å². The van der Waals surface area contributed by atoms with E-state index >= 15 is 0 Å². The minimum absolute atomic E-state index is 0.0294. The van der Waals surface area contributed by atoms with E-state index in [1.54, 1.807) is 55.5 Å². The average molecular weight is 2220 g/mol. The molecule has 3 N–H and O–H groups in total. The first-order valence-corrected chi connectivity index (χ1v) is 52.1. The molecule has 0 bridgehead atoms. The quantitative estimate of drug-likeness (QED) is 0.0116. The van der Waals surface area contributed by atoms with Crippen LogP contribution in [-0.4, -0.2) is 112 Å². The molecule has 2 aliphatic carbocycles. The molecule has 0 aliphatic heterocycles. The van der Waals surface area contributed by atoms with Gasteiger partial charge in [0.25, 0.3) is 0 Å². The predicted molar refractivity (Wildman–Crippen MR) is 591 cm³/mol. The molecule has 0 heterocycles. The van der Waals surface area contributed by atoms with Crippen LogP contribution >= 0.6 is 47.8 Å². The Morgan fingerprint density at radius 2 is 0.595 bits per heavy atom. The molecular formula is C122H143Br3O23. The highest BCUT2D eigenvalue weighted by Crippen LogP contribution is 2.47. The standard InChI is InChI=1S/C22H27BrO4.C22H26O4.C16H16O3.C16H16O2.C15H20O4.C14H14O2.C9H10O2.C8H14Br2O2/c1-16-10-11-18(25-15-17-8-6-5-7-9-17)20(14-16)26-19(12-13-23)21(24)27-22(2,3)4;1-16-10-11-18(24-15-17-8-6-5-7-9-17)19(14-16)25-22(12-13-22)20(23)26-21(2,3)4;1-12-8-9-15(16(10-12)19-13(2)17)18-11-14-6-4-3-5-7-14;1-12-8-9-16(15(10-12)13(2)17)18-11-14-6-4-3-5-7-14;1-10-5-6-11(16)12(9-10)18-15(7-8-15)13(17)19-14(2,3)4;1-11-7-8-14(13(15)9-11)16-10-12-5-3-2-4-6-12;1-6-3-4-9(11)8(5-6)7(2)10;1-8(2,3)12-7(11)6(10)4-5-9/h5-11,14,19H,12-13,15H2,1-4H3;5-11,14H,12-13,15H2,1-4H3;3-10H,11H2,1-2H3;3-10H,11H2,1-2H3;5-6,9,16H,7-8H2,1-4H3;2-9,15H,10H2,1H3;3-5,11H,1-2H3;6H,4-5H2,1-3H3. The SMILES string of the molecule is CC(=O)Oc1cc(C)ccc1OCc1ccccc1.CC(=O)c1cc(C)ccc1O.CC(=O)c1cc(C)ccc1OCc1ccccc1.CC(C)(C)OC(=O)C(Br)CCBr.Cc1ccc(O)c(OC2(C(=O)OC(C)(C)C)CC2)c1.Cc1ccc(OCc2ccccc2)c(O)c1.Cc1ccc(OCc2ccccc2)c(OC(CCBr)C(=O)OC(C)(C)C)c1.Cc1ccc(OCc2ccccc2)c(OC2(C(=O)OC(C)(C)C)CC2)c1. The van der Waals surface area contributed by atoms with Crippen molar-refractivity contribution in [3.8, 4) is 69.0 Å². The second kappa shape index (κ2) is 58.9. The van der Waals surface area contributed by atoms with E-state index in [1.807, 2.05) is 356 Å². The summed E-state index contributed by atoms with van der Waals surface area (Å²) in [5.74, 6) is 3.54. The van der Waals surface area contributed by atoms with Crippen molar-refractivity contribution in [2.75, 3.05) is 10.7 Å². The minimum Gasteiger partial charge on any atom is -0.507 e. The van der Waals surface area contributed by atoms with E-state index in [1.165, 1.54) is 19.9 Å². The van der Waals surface area contributed by atoms with Gasteiger partial charge in [0.2, 0.25) is 11.2 Å². The molecule has 0 saturated heterocycles. The van der Waals surface area contributed by atoms with Gasteiger partial charge in [0.15, 0.2) is 75.2 Å². The Hall–Kier alpha value is -13.4. The Morgan fingerprint density at radius 3 is 0.946 bits per heavy atom. The molecule has 0 radical (unpaired) electrons. The monoisotopic (exact) mass is 2210 g/mol. The summed E-state index contributed by atoms with van der Waals surface area (Å²) in [4.78, 5) is 81.7. The number of ketones is 2. The molecule has 14 rings (SSSR count). The fourth-order valence-electron chi connectivity index (χ4n) is 13.2. The van der Waals surface area contributed by atoms with Gasteiger partial charge in [0, 0.05) is 49.7 Å². The Bertz CT molecular complexity index is 6220. The molecule has 790 valence electrons. The predicted octanol–water partition coefficient (Wildman–Crippen LogP) is 28.6. The number of aryl methyl sites for hydroxylation is 7. The average Bonchev–Trinajstić information content (AvgIpc) is 1.60. The zero-order valence-corrected chi connectivity index (χ0v) is 93.8. The second-order valence-electron chi connectivity index (χ2n) is 39.7. The van der Waals surface area contributed by atoms with Crippen molar-refractivity contribution >= 4 is 89.2 Å². The molecule has 2 aliphatic rings. The van der Waals surface area contributed by atoms with E-state index in [4.69, 9.17) is 61.6 Å². The zero-order valence-electron chi connectivity index (χ0n) is 89.0. The summed E-state index contributed by atoms with van der Waals surface area (Å²) in [7, 11) is 0. The molecular weight excluding hydrogens is 2070 g/mol. The van der Waals surface area contributed by atoms with E-state index < -0.39 is 39.7 Å². The van der Waals surface area contributed by atoms with Gasteiger partial charge >= 0.3 is 29.8 Å². The fourth-order valence-corrected chi connectivity index (χ4v) is 15.0. The lowest BCUT2D eigenvalue weighted by atomic mass is 10.1. The third kappa shape index (κ3) is 45.5. The van der Waals surface area contributed by atoms with Gasteiger partial charge in [-0.05, 0) is 292 Å². The summed E-state index contributed by atoms with van der Waals surface area (Å²) in [6, 6.07) is 87.6. The van der Waals surface area contributed by atoms with Gasteiger partial charge in [-0.2, -0.15) is 0 Å². The highest BCUT2D eigenvalue weighted by molar-refractivity contribution is 9.10. The van der Waals surface area contributed by atoms with Crippen molar-refractivity contribution in [1.29, 1.82) is 0 Å². The number of benzene rings is 12. The summed E-state index contributed by atoms with van der Waals surface area (Å²) < 4.78 is 73.4. The minimum atomic E-state index is -0.918. The molecule has 12 aromatic rings. The second-order valence-corrected chi connectivity index (χ2v) is 42.4. The Kier molecular flexibility index (Phi) is 48.4. The van der Waals surface area contributed by atoms with Crippen LogP contribution in [0, 0.1) is 48.5 Å². The number of carbonyl (C=O) groups is 7. The summed E-state index contributed by atoms with van der Waals surface area (Å²) in [5, 5.41) is 30.0. The molecule has 2 unspecified atom stereocenters. The van der Waals surface area contributed by atoms with Crippen LogP contribution in [0.5, 0.6) is 69.0 Å². The van der Waals surface area contributed by atoms with E-state index in [9.17, 15) is 48.9 Å². The summed E-state index contributed by atoms with van der Waals surface area (Å²) in [6.45, 7) is 42.4. The normalized spacial score (nSPS) is 12.5. The van der Waals surface area contributed by atoms with E-state index in [0.717, 1.165) is 78.5 Å². The number of phenolic OH excluding ortho intramolecular Hbond substituents is 3. The van der Waals surface area contributed by atoms with Crippen molar-refractivity contribution in [3.05, 3.63) is 357 Å². The third-order valence-corrected chi connectivity index (χ3v) is 22.7. The molecule has 2 atom stereocenters. The molecule has 0 amide bonds. The molecule has 2 fully saturated rings. The maximum Gasteiger partial charge on any atom is 0.351 e. The molecule has 12 aromatic carbocycles. The lowest BCUT2D eigenvalue weighted by Crippen LogP contribution is -2.37. The maximum atomic E-state index is 12.5. The van der Waals surface area contributed by atoms with Crippen LogP contribution in [0.4, 0.5) is 0 Å². The topological polar surface area (TPSA) is 300 Å². The third-order valence-electron chi connectivity index (χ3n) is 20.9. The van der Waals surface area contributed by atoms with E-state index in [0.29, 0.717) is 133 Å². The summed E-state index contributed by atoms with van der Waals surface area (Å²) in [6.07, 6.45) is 3.10. The van der Waals surface area contributed by atoms with Crippen molar-refractivity contribution in [2.45, 2.75) is 268 Å². The zero-order chi connectivity index (χ0) is 109. The van der Waals surface area contributed by atoms with Gasteiger partial charge in [-0.1, -0.05) is 253 Å². The number of aromatic hydroxyl groups is 3. The van der Waals surface area contributed by atoms with Crippen molar-refractivity contribution < 1.29 is 110 Å². The molecule has 0 spiro atoms. The fraction of sp³-hybridized carbons (Fsp3) is 0.352. The summed E-state index contributed by atoms with van der Waals surface area (Å²) >= 11 is 9.90. The van der Waals surface area contributed by atoms with Crippen LogP contribution < -0.4 is 42.6 Å². The molecule has 2 saturated carbocycles. The van der Waals surface area contributed by atoms with Crippen molar-refractivity contribution in [3.63, 3.8) is 0 Å². The number of esters is 5. The summed E-state index contributed by atoms with van der Waals surface area (Å²) in [5.41, 5.74) is 9.71. The number of hydrogen-bond donors (Lipinski definition) is 3. The number of Topliss-reactive ketones (excluding diaryl/α,β-unsaturated/α-hetero) is 2. The van der Waals surface area contributed by atoms with Crippen LogP contribution in [0.15, 0.2) is 279 Å². The Labute approximate surface area is 898 Å². The van der Waals surface area contributed by atoms with Crippen molar-refractivity contribution in [1.82, 2.24) is 0 Å². The van der Waals surface area contributed by atoms with Crippen LogP contribution in [-0.2, 0) is 76.0 Å². The number of ether oxygens (including phenoxy) is 13. The van der Waals surface area contributed by atoms with Crippen molar-refractivity contribution in [2.24, 2.45) is 0 Å². The highest BCUT2D eigenvalue weighted by Gasteiger charge is 2.57. The van der Waals surface area contributed by atoms with Gasteiger partial charge in [-0.3, -0.25) is 19.2 Å². The lowest BCUT2D eigenvalue weighted by molar-refractivity contribution is -0.166. The Balaban J connectivity index is 0.000000232. The number of halogens is 3. The molecule has 148 heavy (non-hydrogen) atoms. The number of hydrogen-bond acceptors (Lipinski definition) is 23. The van der Waals surface area contributed by atoms with Gasteiger partial charge in [-0.15, -0.1) is 0 Å². The first kappa shape index (κ1) is 122. The first-order valence-electron chi connectivity index (χ1n) is 48.9. The van der Waals surface area contributed by atoms with Gasteiger partial charge in [-0.25, -0.2) is 14.4 Å². The van der Waals surface area contributed by atoms with Crippen LogP contribution in [0.25, 0.3) is 0 Å².